The average molecular weight is 253 g/mol. The molecule has 0 saturated carbocycles. The van der Waals surface area contributed by atoms with Crippen molar-refractivity contribution in [1.29, 1.82) is 0 Å². The van der Waals surface area contributed by atoms with Crippen molar-refractivity contribution in [2.75, 3.05) is 20.8 Å². The first-order chi connectivity index (χ1) is 8.58. The first-order valence-electron chi connectivity index (χ1n) is 6.18. The Balaban J connectivity index is 2.59. The fourth-order valence-electron chi connectivity index (χ4n) is 1.61. The molecule has 0 spiro atoms. The molecule has 18 heavy (non-hydrogen) atoms. The predicted molar refractivity (Wildman–Crippen MR) is 72.1 cm³/mol. The zero-order valence-electron chi connectivity index (χ0n) is 11.6. The fourth-order valence-corrected chi connectivity index (χ4v) is 1.61. The Morgan fingerprint density at radius 1 is 1.22 bits per heavy atom. The van der Waals surface area contributed by atoms with E-state index in [9.17, 15) is 5.11 Å². The number of hydrogen-bond acceptors (Lipinski definition) is 4. The highest BCUT2D eigenvalue weighted by Gasteiger charge is 2.09. The minimum absolute atomic E-state index is 0.254. The van der Waals surface area contributed by atoms with Crippen LogP contribution in [0, 0.1) is 5.92 Å². The van der Waals surface area contributed by atoms with Gasteiger partial charge in [-0.1, -0.05) is 13.8 Å². The normalized spacial score (nSPS) is 12.6. The maximum absolute atomic E-state index is 9.71. The molecule has 0 bridgehead atoms. The van der Waals surface area contributed by atoms with Gasteiger partial charge in [0.05, 0.1) is 20.3 Å². The van der Waals surface area contributed by atoms with Crippen LogP contribution in [0.1, 0.15) is 19.4 Å². The highest BCUT2D eigenvalue weighted by molar-refractivity contribution is 5.40. The number of aliphatic hydroxyl groups is 1. The lowest BCUT2D eigenvalue weighted by Crippen LogP contribution is -2.30. The van der Waals surface area contributed by atoms with E-state index in [1.54, 1.807) is 14.2 Å². The topological polar surface area (TPSA) is 50.7 Å². The molecule has 1 rings (SSSR count). The minimum Gasteiger partial charge on any atom is -0.497 e. The standard InChI is InChI=1S/C14H23NO3/c1-10(2)13(16)9-15-8-11-7-12(17-3)5-6-14(11)18-4/h5-7,10,13,15-16H,8-9H2,1-4H3. The van der Waals surface area contributed by atoms with E-state index in [1.807, 2.05) is 32.0 Å². The van der Waals surface area contributed by atoms with Gasteiger partial charge >= 0.3 is 0 Å². The SMILES string of the molecule is COc1ccc(OC)c(CNCC(O)C(C)C)c1. The maximum atomic E-state index is 9.71. The quantitative estimate of drug-likeness (QED) is 0.778. The number of methoxy groups -OCH3 is 2. The van der Waals surface area contributed by atoms with Crippen molar-refractivity contribution in [3.63, 3.8) is 0 Å². The van der Waals surface area contributed by atoms with Crippen LogP contribution in [0.2, 0.25) is 0 Å². The summed E-state index contributed by atoms with van der Waals surface area (Å²) in [7, 11) is 3.29. The zero-order valence-corrected chi connectivity index (χ0v) is 11.6. The van der Waals surface area contributed by atoms with E-state index >= 15 is 0 Å². The van der Waals surface area contributed by atoms with Gasteiger partial charge in [-0.3, -0.25) is 0 Å². The highest BCUT2D eigenvalue weighted by Crippen LogP contribution is 2.23. The van der Waals surface area contributed by atoms with Crippen LogP contribution in [0.5, 0.6) is 11.5 Å². The third kappa shape index (κ3) is 4.20. The molecule has 2 N–H and O–H groups in total. The lowest BCUT2D eigenvalue weighted by Gasteiger charge is -2.16. The van der Waals surface area contributed by atoms with E-state index in [0.717, 1.165) is 17.1 Å². The van der Waals surface area contributed by atoms with E-state index in [2.05, 4.69) is 5.32 Å². The summed E-state index contributed by atoms with van der Waals surface area (Å²) in [5, 5.41) is 12.9. The second-order valence-electron chi connectivity index (χ2n) is 4.62. The molecule has 4 heteroatoms. The Morgan fingerprint density at radius 2 is 1.94 bits per heavy atom. The summed E-state index contributed by atoms with van der Waals surface area (Å²) < 4.78 is 10.5. The summed E-state index contributed by atoms with van der Waals surface area (Å²) in [5.41, 5.74) is 1.02. The Hall–Kier alpha value is -1.26. The van der Waals surface area contributed by atoms with Crippen molar-refractivity contribution in [3.05, 3.63) is 23.8 Å². The van der Waals surface area contributed by atoms with Crippen LogP contribution in [0.25, 0.3) is 0 Å². The van der Waals surface area contributed by atoms with Crippen molar-refractivity contribution < 1.29 is 14.6 Å². The molecule has 0 aliphatic carbocycles. The fraction of sp³-hybridized carbons (Fsp3) is 0.571. The van der Waals surface area contributed by atoms with Crippen LogP contribution in [-0.4, -0.2) is 32.0 Å². The number of rotatable bonds is 7. The number of hydrogen-bond donors (Lipinski definition) is 2. The maximum Gasteiger partial charge on any atom is 0.123 e. The Labute approximate surface area is 109 Å². The molecule has 1 aromatic carbocycles. The zero-order chi connectivity index (χ0) is 13.5. The van der Waals surface area contributed by atoms with E-state index in [4.69, 9.17) is 9.47 Å². The monoisotopic (exact) mass is 253 g/mol. The summed E-state index contributed by atoms with van der Waals surface area (Å²) in [4.78, 5) is 0. The van der Waals surface area contributed by atoms with E-state index in [-0.39, 0.29) is 12.0 Å². The third-order valence-corrected chi connectivity index (χ3v) is 2.93. The molecule has 0 fully saturated rings. The predicted octanol–water partition coefficient (Wildman–Crippen LogP) is 1.81. The second kappa shape index (κ2) is 7.24. The van der Waals surface area contributed by atoms with Crippen molar-refractivity contribution in [1.82, 2.24) is 5.32 Å². The van der Waals surface area contributed by atoms with Crippen LogP contribution in [0.4, 0.5) is 0 Å². The Morgan fingerprint density at radius 3 is 2.50 bits per heavy atom. The summed E-state index contributed by atoms with van der Waals surface area (Å²) in [5.74, 6) is 1.88. The smallest absolute Gasteiger partial charge is 0.123 e. The molecule has 1 atom stereocenters. The molecule has 0 saturated heterocycles. The molecule has 0 heterocycles. The highest BCUT2D eigenvalue weighted by atomic mass is 16.5. The van der Waals surface area contributed by atoms with Crippen molar-refractivity contribution in [3.8, 4) is 11.5 Å². The van der Waals surface area contributed by atoms with Gasteiger partial charge in [0.2, 0.25) is 0 Å². The van der Waals surface area contributed by atoms with Gasteiger partial charge in [0.1, 0.15) is 11.5 Å². The molecule has 4 nitrogen and oxygen atoms in total. The van der Waals surface area contributed by atoms with Gasteiger partial charge in [-0.15, -0.1) is 0 Å². The van der Waals surface area contributed by atoms with Crippen molar-refractivity contribution in [2.45, 2.75) is 26.5 Å². The first kappa shape index (κ1) is 14.8. The average Bonchev–Trinajstić information content (AvgIpc) is 2.38. The molecule has 1 aromatic rings. The van der Waals surface area contributed by atoms with Gasteiger partial charge in [-0.2, -0.15) is 0 Å². The van der Waals surface area contributed by atoms with Gasteiger partial charge in [0.25, 0.3) is 0 Å². The van der Waals surface area contributed by atoms with E-state index in [1.165, 1.54) is 0 Å². The van der Waals surface area contributed by atoms with Crippen LogP contribution in [0.15, 0.2) is 18.2 Å². The molecule has 0 radical (unpaired) electrons. The van der Waals surface area contributed by atoms with Gasteiger partial charge in [-0.05, 0) is 24.1 Å². The molecule has 102 valence electrons. The molecule has 0 aliphatic rings. The number of benzene rings is 1. The van der Waals surface area contributed by atoms with Gasteiger partial charge in [0.15, 0.2) is 0 Å². The van der Waals surface area contributed by atoms with Crippen LogP contribution < -0.4 is 14.8 Å². The number of aliphatic hydroxyl groups excluding tert-OH is 1. The van der Waals surface area contributed by atoms with E-state index in [0.29, 0.717) is 13.1 Å². The summed E-state index contributed by atoms with van der Waals surface area (Å²) >= 11 is 0. The number of ether oxygens (including phenoxy) is 2. The lowest BCUT2D eigenvalue weighted by atomic mass is 10.1. The second-order valence-corrected chi connectivity index (χ2v) is 4.62. The first-order valence-corrected chi connectivity index (χ1v) is 6.18. The third-order valence-electron chi connectivity index (χ3n) is 2.93. The molecule has 0 aliphatic heterocycles. The number of nitrogens with one attached hydrogen (secondary N) is 1. The summed E-state index contributed by atoms with van der Waals surface area (Å²) in [6.07, 6.45) is -0.332. The lowest BCUT2D eigenvalue weighted by molar-refractivity contribution is 0.123. The molecular weight excluding hydrogens is 230 g/mol. The van der Waals surface area contributed by atoms with Crippen LogP contribution in [-0.2, 0) is 6.54 Å². The largest absolute Gasteiger partial charge is 0.497 e. The summed E-state index contributed by atoms with van der Waals surface area (Å²) in [6.45, 7) is 5.21. The molecule has 0 aromatic heterocycles. The minimum atomic E-state index is -0.332. The van der Waals surface area contributed by atoms with E-state index < -0.39 is 0 Å². The molecule has 1 unspecified atom stereocenters. The van der Waals surface area contributed by atoms with Gasteiger partial charge < -0.3 is 19.9 Å². The Kier molecular flexibility index (Phi) is 5.95. The van der Waals surface area contributed by atoms with Gasteiger partial charge in [-0.25, -0.2) is 0 Å². The molecular formula is C14H23NO3. The van der Waals surface area contributed by atoms with Crippen molar-refractivity contribution >= 4 is 0 Å². The molecule has 0 amide bonds. The summed E-state index contributed by atoms with van der Waals surface area (Å²) in [6, 6.07) is 5.69. The van der Waals surface area contributed by atoms with Crippen LogP contribution >= 0.6 is 0 Å². The Bertz CT molecular complexity index is 366. The van der Waals surface area contributed by atoms with Crippen LogP contribution in [0.3, 0.4) is 0 Å². The van der Waals surface area contributed by atoms with Crippen molar-refractivity contribution in [2.24, 2.45) is 5.92 Å². The van der Waals surface area contributed by atoms with Gasteiger partial charge in [0, 0.05) is 18.7 Å².